The summed E-state index contributed by atoms with van der Waals surface area (Å²) in [6, 6.07) is 0. The molecule has 0 aromatic carbocycles. The monoisotopic (exact) mass is 343 g/mol. The Morgan fingerprint density at radius 2 is 2.15 bits per heavy atom. The van der Waals surface area contributed by atoms with Crippen LogP contribution in [0.5, 0.6) is 0 Å². The number of aromatic nitrogens is 2. The fourth-order valence-electron chi connectivity index (χ4n) is 2.67. The molecule has 0 amide bonds. The summed E-state index contributed by atoms with van der Waals surface area (Å²) in [4.78, 5) is 0. The van der Waals surface area contributed by atoms with Gasteiger partial charge in [0.25, 0.3) is 0 Å². The molecule has 1 aromatic rings. The van der Waals surface area contributed by atoms with Gasteiger partial charge in [0.1, 0.15) is 0 Å². The van der Waals surface area contributed by atoms with E-state index in [9.17, 15) is 0 Å². The van der Waals surface area contributed by atoms with Crippen molar-refractivity contribution in [3.63, 3.8) is 0 Å². The fraction of sp³-hybridized carbons (Fsp3) is 0.800. The Balaban J connectivity index is 2.17. The number of nitrogens with zero attached hydrogens (tertiary/aromatic N) is 2. The van der Waals surface area contributed by atoms with Crippen LogP contribution in [0.15, 0.2) is 4.47 Å². The van der Waals surface area contributed by atoms with Crippen LogP contribution < -0.4 is 5.32 Å². The molecule has 1 aliphatic rings. The third-order valence-electron chi connectivity index (χ3n) is 3.98. The molecule has 1 atom stereocenters. The normalized spacial score (nSPS) is 23.5. The predicted octanol–water partition coefficient (Wildman–Crippen LogP) is 2.83. The first-order valence-corrected chi connectivity index (χ1v) is 8.03. The van der Waals surface area contributed by atoms with Gasteiger partial charge in [0, 0.05) is 31.2 Å². The van der Waals surface area contributed by atoms with E-state index in [0.29, 0.717) is 0 Å². The molecule has 20 heavy (non-hydrogen) atoms. The molecule has 0 saturated carbocycles. The number of ether oxygens (including phenoxy) is 1. The van der Waals surface area contributed by atoms with Gasteiger partial charge in [-0.25, -0.2) is 0 Å². The van der Waals surface area contributed by atoms with E-state index in [-0.39, 0.29) is 11.0 Å². The zero-order chi connectivity index (χ0) is 15.0. The summed E-state index contributed by atoms with van der Waals surface area (Å²) in [5.41, 5.74) is 2.63. The van der Waals surface area contributed by atoms with Gasteiger partial charge in [-0.15, -0.1) is 0 Å². The second kappa shape index (κ2) is 5.78. The van der Waals surface area contributed by atoms with E-state index in [2.05, 4.69) is 47.1 Å². The molecule has 114 valence electrons. The van der Waals surface area contributed by atoms with Gasteiger partial charge in [-0.3, -0.25) is 4.68 Å². The summed E-state index contributed by atoms with van der Waals surface area (Å²) in [5, 5.41) is 8.15. The van der Waals surface area contributed by atoms with Crippen LogP contribution in [-0.2, 0) is 18.2 Å². The number of hydrogen-bond acceptors (Lipinski definition) is 3. The highest BCUT2D eigenvalue weighted by atomic mass is 79.9. The Bertz CT molecular complexity index is 470. The van der Waals surface area contributed by atoms with Gasteiger partial charge >= 0.3 is 0 Å². The maximum Gasteiger partial charge on any atom is 0.0738 e. The summed E-state index contributed by atoms with van der Waals surface area (Å²) in [7, 11) is 2.02. The Morgan fingerprint density at radius 1 is 1.45 bits per heavy atom. The number of rotatable bonds is 4. The first-order valence-electron chi connectivity index (χ1n) is 7.23. The van der Waals surface area contributed by atoms with E-state index in [4.69, 9.17) is 4.74 Å². The Hall–Kier alpha value is -0.390. The van der Waals surface area contributed by atoms with Crippen molar-refractivity contribution < 1.29 is 4.74 Å². The molecule has 5 heteroatoms. The van der Waals surface area contributed by atoms with Gasteiger partial charge in [0.2, 0.25) is 0 Å². The second-order valence-electron chi connectivity index (χ2n) is 7.05. The van der Waals surface area contributed by atoms with Crippen LogP contribution in [0.2, 0.25) is 0 Å². The zero-order valence-electron chi connectivity index (χ0n) is 13.2. The lowest BCUT2D eigenvalue weighted by Gasteiger charge is -2.32. The largest absolute Gasteiger partial charge is 0.381 e. The van der Waals surface area contributed by atoms with Crippen LogP contribution in [-0.4, -0.2) is 35.1 Å². The van der Waals surface area contributed by atoms with Crippen molar-refractivity contribution in [2.75, 3.05) is 19.8 Å². The molecule has 2 heterocycles. The smallest absolute Gasteiger partial charge is 0.0738 e. The molecule has 1 aliphatic heterocycles. The minimum absolute atomic E-state index is 0.134. The quantitative estimate of drug-likeness (QED) is 0.913. The molecule has 0 aliphatic carbocycles. The van der Waals surface area contributed by atoms with Gasteiger partial charge in [0.05, 0.1) is 22.5 Å². The van der Waals surface area contributed by atoms with Gasteiger partial charge in [-0.2, -0.15) is 5.10 Å². The number of hydrogen-bond donors (Lipinski definition) is 1. The summed E-state index contributed by atoms with van der Waals surface area (Å²) in [5.74, 6) is 0. The molecule has 1 saturated heterocycles. The van der Waals surface area contributed by atoms with Gasteiger partial charge in [-0.05, 0) is 56.5 Å². The maximum absolute atomic E-state index is 5.70. The molecular formula is C15H26BrN3O. The van der Waals surface area contributed by atoms with E-state index in [0.717, 1.165) is 42.8 Å². The summed E-state index contributed by atoms with van der Waals surface area (Å²) in [6.45, 7) is 11.3. The SMILES string of the molecule is Cc1nn(C)c(CC2(CNC(C)(C)C)CCOC2)c1Br. The third kappa shape index (κ3) is 3.62. The molecule has 1 unspecified atom stereocenters. The van der Waals surface area contributed by atoms with E-state index < -0.39 is 0 Å². The third-order valence-corrected chi connectivity index (χ3v) is 5.01. The van der Waals surface area contributed by atoms with Gasteiger partial charge in [0.15, 0.2) is 0 Å². The van der Waals surface area contributed by atoms with E-state index in [1.165, 1.54) is 5.69 Å². The van der Waals surface area contributed by atoms with Crippen LogP contribution in [0.3, 0.4) is 0 Å². The fourth-order valence-corrected chi connectivity index (χ4v) is 3.15. The molecule has 0 radical (unpaired) electrons. The molecule has 4 nitrogen and oxygen atoms in total. The van der Waals surface area contributed by atoms with E-state index in [1.54, 1.807) is 0 Å². The lowest BCUT2D eigenvalue weighted by molar-refractivity contribution is 0.142. The highest BCUT2D eigenvalue weighted by Crippen LogP contribution is 2.35. The van der Waals surface area contributed by atoms with Crippen molar-refractivity contribution in [1.82, 2.24) is 15.1 Å². The van der Waals surface area contributed by atoms with Crippen LogP contribution in [0.1, 0.15) is 38.6 Å². The molecule has 0 spiro atoms. The average molecular weight is 344 g/mol. The van der Waals surface area contributed by atoms with Crippen molar-refractivity contribution in [3.05, 3.63) is 15.9 Å². The van der Waals surface area contributed by atoms with Crippen molar-refractivity contribution in [3.8, 4) is 0 Å². The summed E-state index contributed by atoms with van der Waals surface area (Å²) < 4.78 is 8.84. The highest BCUT2D eigenvalue weighted by molar-refractivity contribution is 9.10. The standard InChI is InChI=1S/C15H26BrN3O/c1-11-13(16)12(19(5)18-11)8-15(6-7-20-10-15)9-17-14(2,3)4/h17H,6-10H2,1-5H3. The zero-order valence-corrected chi connectivity index (χ0v) is 14.8. The number of aryl methyl sites for hydroxylation is 2. The number of nitrogens with one attached hydrogen (secondary N) is 1. The second-order valence-corrected chi connectivity index (χ2v) is 7.85. The van der Waals surface area contributed by atoms with Crippen molar-refractivity contribution in [2.24, 2.45) is 12.5 Å². The summed E-state index contributed by atoms with van der Waals surface area (Å²) in [6.07, 6.45) is 2.10. The molecule has 1 fully saturated rings. The van der Waals surface area contributed by atoms with Crippen LogP contribution in [0, 0.1) is 12.3 Å². The minimum Gasteiger partial charge on any atom is -0.381 e. The average Bonchev–Trinajstić information content (AvgIpc) is 2.89. The first-order chi connectivity index (χ1) is 9.22. The molecule has 0 bridgehead atoms. The lowest BCUT2D eigenvalue weighted by Crippen LogP contribution is -2.45. The van der Waals surface area contributed by atoms with Gasteiger partial charge < -0.3 is 10.1 Å². The van der Waals surface area contributed by atoms with E-state index >= 15 is 0 Å². The van der Waals surface area contributed by atoms with Crippen LogP contribution in [0.25, 0.3) is 0 Å². The topological polar surface area (TPSA) is 39.1 Å². The molecule has 1 N–H and O–H groups in total. The van der Waals surface area contributed by atoms with Crippen LogP contribution >= 0.6 is 15.9 Å². The van der Waals surface area contributed by atoms with E-state index in [1.807, 2.05) is 18.7 Å². The predicted molar refractivity (Wildman–Crippen MR) is 85.0 cm³/mol. The number of halogens is 1. The Morgan fingerprint density at radius 3 is 2.60 bits per heavy atom. The molecule has 1 aromatic heterocycles. The Kier molecular flexibility index (Phi) is 4.62. The van der Waals surface area contributed by atoms with Crippen molar-refractivity contribution >= 4 is 15.9 Å². The van der Waals surface area contributed by atoms with Crippen molar-refractivity contribution in [1.29, 1.82) is 0 Å². The molecular weight excluding hydrogens is 318 g/mol. The minimum atomic E-state index is 0.134. The Labute approximate surface area is 130 Å². The maximum atomic E-state index is 5.70. The summed E-state index contributed by atoms with van der Waals surface area (Å²) >= 11 is 3.68. The van der Waals surface area contributed by atoms with Gasteiger partial charge in [-0.1, -0.05) is 0 Å². The first kappa shape index (κ1) is 16.0. The lowest BCUT2D eigenvalue weighted by atomic mass is 9.81. The molecule has 2 rings (SSSR count). The highest BCUT2D eigenvalue weighted by Gasteiger charge is 2.37. The van der Waals surface area contributed by atoms with Crippen molar-refractivity contribution in [2.45, 2.75) is 46.1 Å². The van der Waals surface area contributed by atoms with Crippen LogP contribution in [0.4, 0.5) is 0 Å².